The number of carbonyl (C=O) groups is 2. The van der Waals surface area contributed by atoms with Crippen molar-refractivity contribution in [3.8, 4) is 5.75 Å². The zero-order valence-electron chi connectivity index (χ0n) is 19.6. The third-order valence-electron chi connectivity index (χ3n) is 5.32. The van der Waals surface area contributed by atoms with Crippen LogP contribution in [-0.2, 0) is 11.3 Å². The molecule has 0 atom stereocenters. The number of amides is 2. The van der Waals surface area contributed by atoms with Crippen molar-refractivity contribution >= 4 is 17.7 Å². The van der Waals surface area contributed by atoms with Gasteiger partial charge in [0.25, 0.3) is 5.91 Å². The summed E-state index contributed by atoms with van der Waals surface area (Å²) in [6, 6.07) is 11.8. The third-order valence-corrected chi connectivity index (χ3v) is 5.32. The van der Waals surface area contributed by atoms with Crippen molar-refractivity contribution < 1.29 is 23.5 Å². The number of methoxy groups -OCH3 is 1. The van der Waals surface area contributed by atoms with Gasteiger partial charge in [-0.05, 0) is 69.5 Å². The number of halogens is 1. The summed E-state index contributed by atoms with van der Waals surface area (Å²) in [5.41, 5.74) is 1.26. The van der Waals surface area contributed by atoms with E-state index in [0.29, 0.717) is 17.8 Å². The highest BCUT2D eigenvalue weighted by Gasteiger charge is 2.22. The molecule has 1 aliphatic heterocycles. The Hall–Kier alpha value is -3.13. The summed E-state index contributed by atoms with van der Waals surface area (Å²) >= 11 is 0. The van der Waals surface area contributed by atoms with Crippen molar-refractivity contribution in [2.75, 3.05) is 25.5 Å². The highest BCUT2D eigenvalue weighted by molar-refractivity contribution is 5.96. The van der Waals surface area contributed by atoms with Gasteiger partial charge in [0, 0.05) is 36.9 Å². The third kappa shape index (κ3) is 7.46. The largest absolute Gasteiger partial charge is 0.494 e. The van der Waals surface area contributed by atoms with Gasteiger partial charge in [0.1, 0.15) is 5.60 Å². The van der Waals surface area contributed by atoms with Gasteiger partial charge in [0.15, 0.2) is 11.6 Å². The molecule has 2 amide bonds. The Kier molecular flexibility index (Phi) is 7.92. The van der Waals surface area contributed by atoms with Gasteiger partial charge >= 0.3 is 6.09 Å². The zero-order chi connectivity index (χ0) is 24.0. The number of likely N-dealkylation sites (tertiary alicyclic amines) is 1. The quantitative estimate of drug-likeness (QED) is 0.664. The van der Waals surface area contributed by atoms with Crippen molar-refractivity contribution in [1.29, 1.82) is 0 Å². The molecule has 1 saturated heterocycles. The highest BCUT2D eigenvalue weighted by Crippen LogP contribution is 2.21. The fraction of sp³-hybridized carbons (Fsp3) is 0.440. The predicted octanol–water partition coefficient (Wildman–Crippen LogP) is 4.58. The summed E-state index contributed by atoms with van der Waals surface area (Å²) in [4.78, 5) is 26.9. The lowest BCUT2D eigenvalue weighted by Crippen LogP contribution is -2.44. The van der Waals surface area contributed by atoms with E-state index in [-0.39, 0.29) is 23.5 Å². The van der Waals surface area contributed by atoms with Gasteiger partial charge in [0.2, 0.25) is 0 Å². The van der Waals surface area contributed by atoms with Crippen LogP contribution in [-0.4, -0.2) is 48.7 Å². The van der Waals surface area contributed by atoms with E-state index < -0.39 is 11.7 Å². The van der Waals surface area contributed by atoms with E-state index in [4.69, 9.17) is 9.47 Å². The van der Waals surface area contributed by atoms with Gasteiger partial charge < -0.3 is 14.8 Å². The van der Waals surface area contributed by atoms with Crippen molar-refractivity contribution in [3.05, 3.63) is 59.4 Å². The number of rotatable bonds is 6. The molecule has 0 radical (unpaired) electrons. The first-order valence-corrected chi connectivity index (χ1v) is 11.1. The number of hydrogen-bond acceptors (Lipinski definition) is 5. The van der Waals surface area contributed by atoms with Crippen LogP contribution in [0.1, 0.15) is 49.5 Å². The number of ether oxygens (including phenoxy) is 2. The molecule has 3 rings (SSSR count). The summed E-state index contributed by atoms with van der Waals surface area (Å²) in [5.74, 6) is -0.301. The molecule has 7 nitrogen and oxygen atoms in total. The average Bonchev–Trinajstić information content (AvgIpc) is 2.74. The Labute approximate surface area is 194 Å². The molecule has 2 aromatic carbocycles. The lowest BCUT2D eigenvalue weighted by molar-refractivity contribution is 0.0635. The first-order valence-electron chi connectivity index (χ1n) is 11.1. The van der Waals surface area contributed by atoms with Crippen molar-refractivity contribution in [1.82, 2.24) is 10.2 Å². The molecule has 1 fully saturated rings. The maximum Gasteiger partial charge on any atom is 0.412 e. The molecule has 2 aromatic rings. The number of piperidine rings is 1. The van der Waals surface area contributed by atoms with Crippen LogP contribution in [0.25, 0.3) is 0 Å². The number of anilines is 1. The Morgan fingerprint density at radius 3 is 2.48 bits per heavy atom. The molecular weight excluding hydrogens is 425 g/mol. The lowest BCUT2D eigenvalue weighted by Gasteiger charge is -2.32. The van der Waals surface area contributed by atoms with Crippen LogP contribution in [0.2, 0.25) is 0 Å². The molecule has 0 saturated carbocycles. The van der Waals surface area contributed by atoms with Gasteiger partial charge in [-0.1, -0.05) is 12.1 Å². The molecular formula is C25H32FN3O4. The normalized spacial score (nSPS) is 15.1. The Balaban J connectivity index is 1.49. The summed E-state index contributed by atoms with van der Waals surface area (Å²) in [5, 5.41) is 5.73. The molecule has 0 spiro atoms. The summed E-state index contributed by atoms with van der Waals surface area (Å²) in [7, 11) is 1.45. The lowest BCUT2D eigenvalue weighted by atomic mass is 10.0. The maximum absolute atomic E-state index is 13.9. The zero-order valence-corrected chi connectivity index (χ0v) is 19.6. The second-order valence-electron chi connectivity index (χ2n) is 9.20. The van der Waals surface area contributed by atoms with Crippen molar-refractivity contribution in [3.63, 3.8) is 0 Å². The van der Waals surface area contributed by atoms with Gasteiger partial charge in [0.05, 0.1) is 7.11 Å². The molecule has 0 unspecified atom stereocenters. The standard InChI is InChI=1S/C25H32FN3O4/c1-25(2,3)33-24(31)28-20-7-5-6-18(15-20)23(30)27-19-10-12-29(13-11-19)16-17-8-9-22(32-4)21(26)14-17/h5-9,14-15,19H,10-13,16H2,1-4H3,(H,27,30)(H,28,31). The van der Waals surface area contributed by atoms with Gasteiger partial charge in [-0.15, -0.1) is 0 Å². The Morgan fingerprint density at radius 1 is 1.12 bits per heavy atom. The van der Waals surface area contributed by atoms with E-state index >= 15 is 0 Å². The Morgan fingerprint density at radius 2 is 1.85 bits per heavy atom. The monoisotopic (exact) mass is 457 g/mol. The minimum Gasteiger partial charge on any atom is -0.494 e. The predicted molar refractivity (Wildman–Crippen MR) is 125 cm³/mol. The van der Waals surface area contributed by atoms with Crippen LogP contribution in [0.3, 0.4) is 0 Å². The van der Waals surface area contributed by atoms with Crippen LogP contribution in [0.4, 0.5) is 14.9 Å². The Bertz CT molecular complexity index is 982. The summed E-state index contributed by atoms with van der Waals surface area (Å²) in [6.07, 6.45) is 1.05. The molecule has 0 aromatic heterocycles. The van der Waals surface area contributed by atoms with Gasteiger partial charge in [-0.25, -0.2) is 9.18 Å². The van der Waals surface area contributed by atoms with E-state index in [1.165, 1.54) is 13.2 Å². The van der Waals surface area contributed by atoms with Crippen molar-refractivity contribution in [2.24, 2.45) is 0 Å². The highest BCUT2D eigenvalue weighted by atomic mass is 19.1. The second-order valence-corrected chi connectivity index (χ2v) is 9.20. The van der Waals surface area contributed by atoms with Crippen LogP contribution >= 0.6 is 0 Å². The molecule has 0 bridgehead atoms. The van der Waals surface area contributed by atoms with Crippen molar-refractivity contribution in [2.45, 2.75) is 51.8 Å². The topological polar surface area (TPSA) is 79.9 Å². The fourth-order valence-corrected chi connectivity index (χ4v) is 3.73. The van der Waals surface area contributed by atoms with Crippen LogP contribution in [0.15, 0.2) is 42.5 Å². The smallest absolute Gasteiger partial charge is 0.412 e. The van der Waals surface area contributed by atoms with E-state index in [9.17, 15) is 14.0 Å². The van der Waals surface area contributed by atoms with Crippen LogP contribution in [0.5, 0.6) is 5.75 Å². The van der Waals surface area contributed by atoms with E-state index in [0.717, 1.165) is 31.5 Å². The summed E-state index contributed by atoms with van der Waals surface area (Å²) in [6.45, 7) is 7.63. The first kappa shape index (κ1) is 24.5. The summed E-state index contributed by atoms with van der Waals surface area (Å²) < 4.78 is 24.1. The van der Waals surface area contributed by atoms with Gasteiger partial charge in [-0.3, -0.25) is 15.0 Å². The molecule has 1 heterocycles. The first-order chi connectivity index (χ1) is 15.6. The van der Waals surface area contributed by atoms with E-state index in [1.54, 1.807) is 51.1 Å². The van der Waals surface area contributed by atoms with E-state index in [2.05, 4.69) is 15.5 Å². The average molecular weight is 458 g/mol. The SMILES string of the molecule is COc1ccc(CN2CCC(NC(=O)c3cccc(NC(=O)OC(C)(C)C)c3)CC2)cc1F. The van der Waals surface area contributed by atoms with E-state index in [1.807, 2.05) is 6.07 Å². The van der Waals surface area contributed by atoms with Crippen LogP contribution < -0.4 is 15.4 Å². The maximum atomic E-state index is 13.9. The minimum atomic E-state index is -0.602. The molecule has 8 heteroatoms. The molecule has 2 N–H and O–H groups in total. The second kappa shape index (κ2) is 10.7. The number of nitrogens with one attached hydrogen (secondary N) is 2. The number of nitrogens with zero attached hydrogens (tertiary/aromatic N) is 1. The minimum absolute atomic E-state index is 0.0591. The molecule has 178 valence electrons. The number of carbonyl (C=O) groups excluding carboxylic acids is 2. The van der Waals surface area contributed by atoms with Gasteiger partial charge in [-0.2, -0.15) is 0 Å². The molecule has 1 aliphatic rings. The number of hydrogen-bond donors (Lipinski definition) is 2. The number of benzene rings is 2. The molecule has 0 aliphatic carbocycles. The fourth-order valence-electron chi connectivity index (χ4n) is 3.73. The molecule has 33 heavy (non-hydrogen) atoms. The van der Waals surface area contributed by atoms with Crippen LogP contribution in [0, 0.1) is 5.82 Å².